The normalized spacial score (nSPS) is 12.5. The van der Waals surface area contributed by atoms with E-state index >= 15 is 0 Å². The van der Waals surface area contributed by atoms with Gasteiger partial charge in [-0.15, -0.1) is 0 Å². The highest BCUT2D eigenvalue weighted by Crippen LogP contribution is 2.18. The average Bonchev–Trinajstić information content (AvgIpc) is 2.64. The first kappa shape index (κ1) is 26.5. The van der Waals surface area contributed by atoms with Crippen molar-refractivity contribution in [3.63, 3.8) is 0 Å². The summed E-state index contributed by atoms with van der Waals surface area (Å²) in [5.41, 5.74) is 0. The van der Waals surface area contributed by atoms with Gasteiger partial charge in [0.15, 0.2) is 0 Å². The lowest BCUT2D eigenvalue weighted by Gasteiger charge is -2.21. The second kappa shape index (κ2) is 20.2. The van der Waals surface area contributed by atoms with Gasteiger partial charge in [-0.1, -0.05) is 118 Å². The Morgan fingerprint density at radius 3 is 1.48 bits per heavy atom. The molecule has 0 aromatic carbocycles. The highest BCUT2D eigenvalue weighted by Gasteiger charge is 2.17. The van der Waals surface area contributed by atoms with Crippen LogP contribution in [0, 0.1) is 5.92 Å². The zero-order valence-corrected chi connectivity index (χ0v) is 19.2. The Morgan fingerprint density at radius 2 is 1.04 bits per heavy atom. The van der Waals surface area contributed by atoms with Crippen LogP contribution < -0.4 is 0 Å². The van der Waals surface area contributed by atoms with Crippen molar-refractivity contribution >= 4 is 5.97 Å². The topological polar surface area (TPSA) is 26.3 Å². The van der Waals surface area contributed by atoms with Gasteiger partial charge in [0, 0.05) is 6.42 Å². The highest BCUT2D eigenvalue weighted by atomic mass is 16.5. The molecule has 0 aromatic heterocycles. The predicted molar refractivity (Wildman–Crippen MR) is 119 cm³/mol. The predicted octanol–water partition coefficient (Wildman–Crippen LogP) is 8.62. The smallest absolute Gasteiger partial charge is 0.306 e. The molecule has 2 heteroatoms. The molecular formula is C25H50O2. The summed E-state index contributed by atoms with van der Waals surface area (Å²) >= 11 is 0. The highest BCUT2D eigenvalue weighted by molar-refractivity contribution is 5.69. The van der Waals surface area contributed by atoms with E-state index in [0.717, 1.165) is 12.8 Å². The molecule has 0 unspecified atom stereocenters. The first-order chi connectivity index (χ1) is 13.1. The summed E-state index contributed by atoms with van der Waals surface area (Å²) in [5.74, 6) is 0.454. The van der Waals surface area contributed by atoms with Crippen molar-refractivity contribution in [2.24, 2.45) is 5.92 Å². The Hall–Kier alpha value is -0.530. The maximum absolute atomic E-state index is 12.1. The van der Waals surface area contributed by atoms with E-state index in [1.807, 2.05) is 0 Å². The molecule has 0 N–H and O–H groups in total. The zero-order chi connectivity index (χ0) is 20.2. The van der Waals surface area contributed by atoms with Crippen LogP contribution in [0.4, 0.5) is 0 Å². The van der Waals surface area contributed by atoms with Crippen LogP contribution in [0.3, 0.4) is 0 Å². The van der Waals surface area contributed by atoms with Crippen LogP contribution in [0.15, 0.2) is 0 Å². The first-order valence-electron chi connectivity index (χ1n) is 12.3. The van der Waals surface area contributed by atoms with Crippen LogP contribution in [-0.2, 0) is 9.53 Å². The van der Waals surface area contributed by atoms with Crippen molar-refractivity contribution in [3.8, 4) is 0 Å². The molecule has 0 radical (unpaired) electrons. The van der Waals surface area contributed by atoms with E-state index < -0.39 is 0 Å². The van der Waals surface area contributed by atoms with Crippen molar-refractivity contribution in [3.05, 3.63) is 0 Å². The van der Waals surface area contributed by atoms with Crippen LogP contribution in [0.1, 0.15) is 143 Å². The first-order valence-corrected chi connectivity index (χ1v) is 12.3. The van der Waals surface area contributed by atoms with Crippen molar-refractivity contribution in [2.75, 3.05) is 0 Å². The molecule has 0 heterocycles. The molecule has 27 heavy (non-hydrogen) atoms. The summed E-state index contributed by atoms with van der Waals surface area (Å²) in [6.45, 7) is 8.88. The SMILES string of the molecule is CCCCCCCCCCC[C@@H](OC(=O)CCCCCCCCC)C(C)C. The van der Waals surface area contributed by atoms with Gasteiger partial charge in [-0.2, -0.15) is 0 Å². The number of rotatable bonds is 20. The fourth-order valence-corrected chi connectivity index (χ4v) is 3.64. The summed E-state index contributed by atoms with van der Waals surface area (Å²) in [5, 5.41) is 0. The number of carbonyl (C=O) groups is 1. The maximum atomic E-state index is 12.1. The quantitative estimate of drug-likeness (QED) is 0.155. The molecule has 0 aromatic rings. The summed E-state index contributed by atoms with van der Waals surface area (Å²) in [6.07, 6.45) is 22.6. The van der Waals surface area contributed by atoms with Crippen molar-refractivity contribution in [2.45, 2.75) is 149 Å². The van der Waals surface area contributed by atoms with Gasteiger partial charge >= 0.3 is 5.97 Å². The lowest BCUT2D eigenvalue weighted by molar-refractivity contribution is -0.151. The molecule has 0 aliphatic heterocycles. The Bertz CT molecular complexity index is 311. The van der Waals surface area contributed by atoms with E-state index in [1.165, 1.54) is 96.3 Å². The molecule has 1 atom stereocenters. The van der Waals surface area contributed by atoms with E-state index in [-0.39, 0.29) is 12.1 Å². The Kier molecular flexibility index (Phi) is 19.8. The number of hydrogen-bond donors (Lipinski definition) is 0. The second-order valence-electron chi connectivity index (χ2n) is 8.76. The molecule has 162 valence electrons. The minimum Gasteiger partial charge on any atom is -0.462 e. The standard InChI is InChI=1S/C25H50O2/c1-5-7-9-11-13-14-16-17-19-21-24(23(3)4)27-25(26)22-20-18-15-12-10-8-6-2/h23-24H,5-22H2,1-4H3/t24-/m1/s1. The van der Waals surface area contributed by atoms with Gasteiger partial charge in [0.25, 0.3) is 0 Å². The van der Waals surface area contributed by atoms with Crippen molar-refractivity contribution in [1.82, 2.24) is 0 Å². The van der Waals surface area contributed by atoms with Crippen molar-refractivity contribution in [1.29, 1.82) is 0 Å². The average molecular weight is 383 g/mol. The van der Waals surface area contributed by atoms with Gasteiger partial charge in [0.05, 0.1) is 0 Å². The van der Waals surface area contributed by atoms with Gasteiger partial charge in [0.1, 0.15) is 6.10 Å². The molecule has 0 aliphatic rings. The summed E-state index contributed by atoms with van der Waals surface area (Å²) in [6, 6.07) is 0. The minimum atomic E-state index is 0.0261. The van der Waals surface area contributed by atoms with Gasteiger partial charge in [-0.3, -0.25) is 4.79 Å². The largest absolute Gasteiger partial charge is 0.462 e. The summed E-state index contributed by atoms with van der Waals surface area (Å²) < 4.78 is 5.79. The van der Waals surface area contributed by atoms with E-state index in [2.05, 4.69) is 27.7 Å². The molecule has 2 nitrogen and oxygen atoms in total. The maximum Gasteiger partial charge on any atom is 0.306 e. The Balaban J connectivity index is 3.67. The van der Waals surface area contributed by atoms with E-state index in [4.69, 9.17) is 4.74 Å². The Morgan fingerprint density at radius 1 is 0.630 bits per heavy atom. The van der Waals surface area contributed by atoms with Gasteiger partial charge in [-0.05, 0) is 25.2 Å². The van der Waals surface area contributed by atoms with Crippen LogP contribution in [0.25, 0.3) is 0 Å². The molecule has 0 amide bonds. The van der Waals surface area contributed by atoms with Gasteiger partial charge < -0.3 is 4.74 Å². The molecule has 0 fully saturated rings. The number of hydrogen-bond acceptors (Lipinski definition) is 2. The number of ether oxygens (including phenoxy) is 1. The Labute approximate surface area is 171 Å². The van der Waals surface area contributed by atoms with Crippen LogP contribution >= 0.6 is 0 Å². The minimum absolute atomic E-state index is 0.0261. The van der Waals surface area contributed by atoms with Gasteiger partial charge in [0.2, 0.25) is 0 Å². The zero-order valence-electron chi connectivity index (χ0n) is 19.2. The van der Waals surface area contributed by atoms with Crippen LogP contribution in [0.5, 0.6) is 0 Å². The fourth-order valence-electron chi connectivity index (χ4n) is 3.64. The molecule has 0 aliphatic carbocycles. The van der Waals surface area contributed by atoms with Gasteiger partial charge in [-0.25, -0.2) is 0 Å². The number of carbonyl (C=O) groups excluding carboxylic acids is 1. The fraction of sp³-hybridized carbons (Fsp3) is 0.960. The second-order valence-corrected chi connectivity index (χ2v) is 8.76. The lowest BCUT2D eigenvalue weighted by atomic mass is 9.99. The van der Waals surface area contributed by atoms with Crippen LogP contribution in [-0.4, -0.2) is 12.1 Å². The van der Waals surface area contributed by atoms with E-state index in [1.54, 1.807) is 0 Å². The lowest BCUT2D eigenvalue weighted by Crippen LogP contribution is -2.23. The molecule has 0 saturated heterocycles. The summed E-state index contributed by atoms with van der Waals surface area (Å²) in [4.78, 5) is 12.1. The van der Waals surface area contributed by atoms with E-state index in [9.17, 15) is 4.79 Å². The monoisotopic (exact) mass is 382 g/mol. The van der Waals surface area contributed by atoms with Crippen LogP contribution in [0.2, 0.25) is 0 Å². The third kappa shape index (κ3) is 18.6. The third-order valence-corrected chi connectivity index (χ3v) is 5.60. The molecule has 0 saturated carbocycles. The molecule has 0 rings (SSSR count). The number of unbranched alkanes of at least 4 members (excludes halogenated alkanes) is 14. The molecule has 0 bridgehead atoms. The summed E-state index contributed by atoms with van der Waals surface area (Å²) in [7, 11) is 0. The number of esters is 1. The van der Waals surface area contributed by atoms with Crippen molar-refractivity contribution < 1.29 is 9.53 Å². The molecular weight excluding hydrogens is 332 g/mol. The molecule has 0 spiro atoms. The third-order valence-electron chi connectivity index (χ3n) is 5.60. The van der Waals surface area contributed by atoms with E-state index in [0.29, 0.717) is 12.3 Å².